The molecule has 4 aromatic carbocycles. The molecule has 0 aliphatic carbocycles. The number of nitrogens with zero attached hydrogens (tertiary/aromatic N) is 7. The maximum Gasteiger partial charge on any atom is 0.319 e. The summed E-state index contributed by atoms with van der Waals surface area (Å²) in [4.78, 5) is 84.4. The SMILES string of the molecule is C=C(COc1cc(NC(=O)NCc2ccc3c(c2)CN(C2CCC(=O)NC2=O)C3=O)cc(OC)c1Cl)C(=O)N1CCN(c2nc(OCC3CCCN3C)nc3c2CCN(c2cccc4cccc(Cl)c24)C3)CC1. The number of methoxy groups -OCH3 is 1. The molecule has 0 saturated carbocycles. The molecule has 73 heavy (non-hydrogen) atoms. The van der Waals surface area contributed by atoms with Crippen LogP contribution in [-0.2, 0) is 40.4 Å². The molecular weight excluding hydrogens is 976 g/mol. The molecule has 1 aromatic heterocycles. The van der Waals surface area contributed by atoms with Crippen LogP contribution in [0.3, 0.4) is 0 Å². The van der Waals surface area contributed by atoms with Crippen molar-refractivity contribution in [1.29, 1.82) is 0 Å². The monoisotopic (exact) mass is 1030 g/mol. The molecule has 2 unspecified atom stereocenters. The Hall–Kier alpha value is -7.15. The van der Waals surface area contributed by atoms with Crippen LogP contribution in [0.15, 0.2) is 78.9 Å². The molecule has 3 fully saturated rings. The number of ether oxygens (including phenoxy) is 3. The molecule has 10 rings (SSSR count). The number of carbonyl (C=O) groups excluding carboxylic acids is 5. The lowest BCUT2D eigenvalue weighted by Crippen LogP contribution is -2.52. The third-order valence-corrected chi connectivity index (χ3v) is 15.1. The lowest BCUT2D eigenvalue weighted by atomic mass is 10.0. The van der Waals surface area contributed by atoms with Gasteiger partial charge in [-0.15, -0.1) is 0 Å². The molecule has 3 N–H and O–H groups in total. The minimum atomic E-state index is -0.722. The number of benzene rings is 4. The van der Waals surface area contributed by atoms with Gasteiger partial charge in [-0.05, 0) is 74.0 Å². The Morgan fingerprint density at radius 2 is 1.67 bits per heavy atom. The Morgan fingerprint density at radius 1 is 0.877 bits per heavy atom. The smallest absolute Gasteiger partial charge is 0.319 e. The van der Waals surface area contributed by atoms with E-state index in [0.717, 1.165) is 70.6 Å². The first kappa shape index (κ1) is 49.4. The van der Waals surface area contributed by atoms with E-state index in [4.69, 9.17) is 47.4 Å². The summed E-state index contributed by atoms with van der Waals surface area (Å²) >= 11 is 13.4. The number of rotatable bonds is 14. The summed E-state index contributed by atoms with van der Waals surface area (Å²) in [5.41, 5.74) is 5.51. The van der Waals surface area contributed by atoms with E-state index < -0.39 is 18.0 Å². The number of likely N-dealkylation sites (tertiary alicyclic amines) is 1. The predicted octanol–water partition coefficient (Wildman–Crippen LogP) is 6.35. The second kappa shape index (κ2) is 21.1. The zero-order valence-electron chi connectivity index (χ0n) is 40.7. The van der Waals surface area contributed by atoms with Gasteiger partial charge in [-0.3, -0.25) is 24.5 Å². The van der Waals surface area contributed by atoms with Crippen molar-refractivity contribution >= 4 is 80.8 Å². The van der Waals surface area contributed by atoms with Crippen molar-refractivity contribution in [2.75, 3.05) is 81.8 Å². The quantitative estimate of drug-likeness (QED) is 0.0825. The maximum atomic E-state index is 13.9. The minimum absolute atomic E-state index is 0.131. The second-order valence-electron chi connectivity index (χ2n) is 19.0. The molecular formula is C53H56Cl2N10O8. The normalized spacial score (nSPS) is 18.9. The van der Waals surface area contributed by atoms with Gasteiger partial charge in [0.2, 0.25) is 11.8 Å². The number of hydrogen-bond donors (Lipinski definition) is 3. The molecule has 5 aromatic rings. The lowest BCUT2D eigenvalue weighted by molar-refractivity contribution is -0.137. The van der Waals surface area contributed by atoms with Crippen LogP contribution >= 0.6 is 23.2 Å². The Labute approximate surface area is 432 Å². The summed E-state index contributed by atoms with van der Waals surface area (Å²) in [5.74, 6) is -0.119. The Balaban J connectivity index is 0.754. The number of urea groups is 1. The number of halogens is 2. The van der Waals surface area contributed by atoms with Crippen LogP contribution in [0.25, 0.3) is 10.8 Å². The molecule has 5 aliphatic heterocycles. The summed E-state index contributed by atoms with van der Waals surface area (Å²) in [6.45, 7) is 9.01. The highest BCUT2D eigenvalue weighted by Crippen LogP contribution is 2.39. The van der Waals surface area contributed by atoms with Crippen molar-refractivity contribution in [2.45, 2.75) is 63.8 Å². The molecule has 0 radical (unpaired) electrons. The van der Waals surface area contributed by atoms with E-state index in [2.05, 4.69) is 68.5 Å². The highest BCUT2D eigenvalue weighted by molar-refractivity contribution is 6.36. The van der Waals surface area contributed by atoms with Gasteiger partial charge in [-0.1, -0.05) is 66.2 Å². The number of likely N-dealkylation sites (N-methyl/N-ethyl adjacent to an activating group) is 1. The number of carbonyl (C=O) groups is 5. The van der Waals surface area contributed by atoms with E-state index in [1.54, 1.807) is 23.1 Å². The molecule has 6 heterocycles. The molecule has 0 spiro atoms. The number of fused-ring (bicyclic) bond motifs is 3. The summed E-state index contributed by atoms with van der Waals surface area (Å²) < 4.78 is 17.9. The lowest BCUT2D eigenvalue weighted by Gasteiger charge is -2.38. The minimum Gasteiger partial charge on any atom is -0.495 e. The number of hydrogen-bond acceptors (Lipinski definition) is 13. The van der Waals surface area contributed by atoms with Crippen LogP contribution in [0.1, 0.15) is 58.4 Å². The van der Waals surface area contributed by atoms with Gasteiger partial charge in [0.15, 0.2) is 0 Å². The van der Waals surface area contributed by atoms with E-state index in [0.29, 0.717) is 74.1 Å². The van der Waals surface area contributed by atoms with Crippen molar-refractivity contribution in [2.24, 2.45) is 0 Å². The fourth-order valence-electron chi connectivity index (χ4n) is 10.4. The average molecular weight is 1030 g/mol. The number of piperazine rings is 1. The van der Waals surface area contributed by atoms with Crippen LogP contribution in [0.2, 0.25) is 10.0 Å². The van der Waals surface area contributed by atoms with Crippen molar-refractivity contribution in [1.82, 2.24) is 35.3 Å². The first-order valence-electron chi connectivity index (χ1n) is 24.5. The molecule has 5 aliphatic rings. The Kier molecular flexibility index (Phi) is 14.3. The first-order chi connectivity index (χ1) is 35.3. The zero-order chi connectivity index (χ0) is 50.9. The highest BCUT2D eigenvalue weighted by atomic mass is 35.5. The van der Waals surface area contributed by atoms with Crippen LogP contribution in [0, 0.1) is 0 Å². The number of nitrogens with one attached hydrogen (secondary N) is 3. The van der Waals surface area contributed by atoms with Gasteiger partial charge in [-0.2, -0.15) is 9.97 Å². The van der Waals surface area contributed by atoms with Gasteiger partial charge in [-0.25, -0.2) is 4.79 Å². The zero-order valence-corrected chi connectivity index (χ0v) is 42.2. The summed E-state index contributed by atoms with van der Waals surface area (Å²) in [6.07, 6.45) is 3.34. The van der Waals surface area contributed by atoms with Gasteiger partial charge in [0.05, 0.1) is 24.4 Å². The summed E-state index contributed by atoms with van der Waals surface area (Å²) in [7, 11) is 3.56. The third-order valence-electron chi connectivity index (χ3n) is 14.4. The van der Waals surface area contributed by atoms with Crippen LogP contribution in [-0.4, -0.2) is 133 Å². The first-order valence-corrected chi connectivity index (χ1v) is 25.3. The summed E-state index contributed by atoms with van der Waals surface area (Å²) in [5, 5.41) is 10.9. The van der Waals surface area contributed by atoms with E-state index in [-0.39, 0.29) is 72.4 Å². The third kappa shape index (κ3) is 10.4. The van der Waals surface area contributed by atoms with Gasteiger partial charge in [0.1, 0.15) is 41.6 Å². The van der Waals surface area contributed by atoms with Gasteiger partial charge in [0.25, 0.3) is 11.8 Å². The molecule has 2 atom stereocenters. The second-order valence-corrected chi connectivity index (χ2v) is 19.8. The van der Waals surface area contributed by atoms with Crippen LogP contribution < -0.4 is 40.0 Å². The van der Waals surface area contributed by atoms with Crippen molar-refractivity contribution < 1.29 is 38.2 Å². The van der Waals surface area contributed by atoms with E-state index in [1.165, 1.54) is 18.1 Å². The van der Waals surface area contributed by atoms with Crippen molar-refractivity contribution in [3.05, 3.63) is 117 Å². The Morgan fingerprint density at radius 3 is 2.44 bits per heavy atom. The van der Waals surface area contributed by atoms with E-state index >= 15 is 0 Å². The molecule has 3 saturated heterocycles. The number of anilines is 3. The number of imide groups is 1. The van der Waals surface area contributed by atoms with Crippen LogP contribution in [0.4, 0.5) is 22.0 Å². The van der Waals surface area contributed by atoms with Gasteiger partial charge in [0, 0.05) is 104 Å². The number of aromatic nitrogens is 2. The molecule has 0 bridgehead atoms. The van der Waals surface area contributed by atoms with Crippen molar-refractivity contribution in [3.63, 3.8) is 0 Å². The number of amides is 6. The number of piperidine rings is 1. The van der Waals surface area contributed by atoms with E-state index in [1.807, 2.05) is 18.2 Å². The van der Waals surface area contributed by atoms with Crippen molar-refractivity contribution in [3.8, 4) is 17.5 Å². The van der Waals surface area contributed by atoms with E-state index in [9.17, 15) is 24.0 Å². The van der Waals surface area contributed by atoms with Gasteiger partial charge < -0.3 is 49.3 Å². The molecule has 380 valence electrons. The predicted molar refractivity (Wildman–Crippen MR) is 277 cm³/mol. The summed E-state index contributed by atoms with van der Waals surface area (Å²) in [6, 6.07) is 19.9. The molecule has 20 heteroatoms. The van der Waals surface area contributed by atoms with Gasteiger partial charge >= 0.3 is 12.0 Å². The highest BCUT2D eigenvalue weighted by Gasteiger charge is 2.39. The standard InChI is InChI=1S/C53H56Cl2N10O8/c1-31(29-72-44-25-35(24-43(71-3)47(44)55)57-52(70)56-26-32-12-13-37-34(23-32)27-65(51(37)69)42-14-15-45(66)59-49(42)67)50(68)63-21-19-62(20-22-63)48-38-16-18-64(41-11-5-8-33-7-4-10-39(54)46(33)41)28-40(38)58-53(60-48)73-30-36-9-6-17-61(36)2/h4-5,7-8,10-13,23-25,36,42H,1,6,9,14-22,26-30H2,2-3H3,(H2,56,57,70)(H,59,66,67). The largest absolute Gasteiger partial charge is 0.495 e. The van der Waals surface area contributed by atoms with Crippen LogP contribution in [0.5, 0.6) is 17.5 Å². The topological polar surface area (TPSA) is 191 Å². The fourth-order valence-corrected chi connectivity index (χ4v) is 10.9. The Bertz CT molecular complexity index is 3030. The average Bonchev–Trinajstić information content (AvgIpc) is 3.96. The molecule has 6 amide bonds. The molecule has 18 nitrogen and oxygen atoms in total. The maximum absolute atomic E-state index is 13.9. The fraction of sp³-hybridized carbons (Fsp3) is 0.377.